The van der Waals surface area contributed by atoms with Gasteiger partial charge in [0, 0.05) is 63.8 Å². The van der Waals surface area contributed by atoms with Crippen LogP contribution >= 0.6 is 0 Å². The standard InChI is InChI=1S/C26H30N6O/c33-26(31-16-14-30(15-17-31)19-21-6-2-1-3-7-21)23-9-5-13-32(20-23)25-11-10-24(28-29-25)22-8-4-12-27-18-22/h1-4,6-8,10-12,18,23H,5,9,13-17,19-20H2. The van der Waals surface area contributed by atoms with Crippen LogP contribution in [0.25, 0.3) is 11.3 Å². The highest BCUT2D eigenvalue weighted by atomic mass is 16.2. The molecule has 1 atom stereocenters. The van der Waals surface area contributed by atoms with E-state index in [9.17, 15) is 4.79 Å². The number of piperidine rings is 1. The van der Waals surface area contributed by atoms with Crippen molar-refractivity contribution in [1.82, 2.24) is 25.0 Å². The van der Waals surface area contributed by atoms with Crippen molar-refractivity contribution in [2.75, 3.05) is 44.2 Å². The van der Waals surface area contributed by atoms with Crippen LogP contribution in [0.5, 0.6) is 0 Å². The second-order valence-corrected chi connectivity index (χ2v) is 8.89. The molecule has 2 fully saturated rings. The molecule has 1 aromatic carbocycles. The third-order valence-corrected chi connectivity index (χ3v) is 6.64. The van der Waals surface area contributed by atoms with Gasteiger partial charge in [-0.3, -0.25) is 14.7 Å². The number of benzene rings is 1. The average Bonchev–Trinajstić information content (AvgIpc) is 2.90. The van der Waals surface area contributed by atoms with Crippen molar-refractivity contribution in [3.63, 3.8) is 0 Å². The van der Waals surface area contributed by atoms with Crippen LogP contribution in [-0.4, -0.2) is 70.2 Å². The minimum atomic E-state index is 0.0271. The predicted molar refractivity (Wildman–Crippen MR) is 128 cm³/mol. The van der Waals surface area contributed by atoms with Gasteiger partial charge in [0.2, 0.25) is 5.91 Å². The highest BCUT2D eigenvalue weighted by molar-refractivity contribution is 5.80. The monoisotopic (exact) mass is 442 g/mol. The van der Waals surface area contributed by atoms with Crippen molar-refractivity contribution in [2.24, 2.45) is 5.92 Å². The molecule has 2 aliphatic heterocycles. The number of aromatic nitrogens is 3. The summed E-state index contributed by atoms with van der Waals surface area (Å²) in [4.78, 5) is 24.1. The predicted octanol–water partition coefficient (Wildman–Crippen LogP) is 3.10. The Kier molecular flexibility index (Phi) is 6.58. The second-order valence-electron chi connectivity index (χ2n) is 8.89. The molecule has 7 heteroatoms. The molecule has 0 saturated carbocycles. The molecular weight excluding hydrogens is 412 g/mol. The largest absolute Gasteiger partial charge is 0.354 e. The van der Waals surface area contributed by atoms with E-state index in [-0.39, 0.29) is 5.92 Å². The summed E-state index contributed by atoms with van der Waals surface area (Å²) in [5.74, 6) is 1.16. The molecule has 0 aliphatic carbocycles. The first-order valence-corrected chi connectivity index (χ1v) is 11.8. The molecule has 2 aromatic heterocycles. The number of rotatable bonds is 5. The Morgan fingerprint density at radius 1 is 0.909 bits per heavy atom. The van der Waals surface area contributed by atoms with Gasteiger partial charge >= 0.3 is 0 Å². The molecule has 170 valence electrons. The van der Waals surface area contributed by atoms with E-state index in [0.29, 0.717) is 12.5 Å². The maximum Gasteiger partial charge on any atom is 0.227 e. The highest BCUT2D eigenvalue weighted by Crippen LogP contribution is 2.25. The summed E-state index contributed by atoms with van der Waals surface area (Å²) in [6.45, 7) is 6.05. The molecule has 3 aromatic rings. The molecule has 1 unspecified atom stereocenters. The summed E-state index contributed by atoms with van der Waals surface area (Å²) in [7, 11) is 0. The van der Waals surface area contributed by atoms with Gasteiger partial charge in [-0.05, 0) is 42.7 Å². The molecule has 7 nitrogen and oxygen atoms in total. The Hall–Kier alpha value is -3.32. The zero-order valence-electron chi connectivity index (χ0n) is 18.9. The van der Waals surface area contributed by atoms with Crippen molar-refractivity contribution < 1.29 is 4.79 Å². The SMILES string of the molecule is O=C(C1CCCN(c2ccc(-c3cccnc3)nn2)C1)N1CCN(Cc2ccccc2)CC1. The van der Waals surface area contributed by atoms with Crippen LogP contribution in [0, 0.1) is 5.92 Å². The van der Waals surface area contributed by atoms with E-state index in [1.54, 1.807) is 12.4 Å². The lowest BCUT2D eigenvalue weighted by atomic mass is 9.96. The number of pyridine rings is 1. The lowest BCUT2D eigenvalue weighted by Crippen LogP contribution is -2.52. The quantitative estimate of drug-likeness (QED) is 0.605. The third kappa shape index (κ3) is 5.20. The summed E-state index contributed by atoms with van der Waals surface area (Å²) < 4.78 is 0. The number of anilines is 1. The molecule has 0 spiro atoms. The Morgan fingerprint density at radius 3 is 2.48 bits per heavy atom. The van der Waals surface area contributed by atoms with Crippen LogP contribution in [0.3, 0.4) is 0 Å². The van der Waals surface area contributed by atoms with Gasteiger partial charge in [0.1, 0.15) is 0 Å². The topological polar surface area (TPSA) is 65.5 Å². The normalized spacial score (nSPS) is 19.5. The van der Waals surface area contributed by atoms with Crippen molar-refractivity contribution in [3.8, 4) is 11.3 Å². The van der Waals surface area contributed by atoms with E-state index in [2.05, 4.69) is 54.1 Å². The van der Waals surface area contributed by atoms with Crippen molar-refractivity contribution in [1.29, 1.82) is 0 Å². The number of carbonyl (C=O) groups is 1. The Balaban J connectivity index is 1.16. The lowest BCUT2D eigenvalue weighted by molar-refractivity contribution is -0.137. The van der Waals surface area contributed by atoms with Crippen LogP contribution in [0.2, 0.25) is 0 Å². The third-order valence-electron chi connectivity index (χ3n) is 6.64. The molecule has 4 heterocycles. The van der Waals surface area contributed by atoms with E-state index >= 15 is 0 Å². The number of hydrogen-bond donors (Lipinski definition) is 0. The van der Waals surface area contributed by atoms with Gasteiger partial charge in [-0.2, -0.15) is 0 Å². The van der Waals surface area contributed by atoms with Gasteiger partial charge in [0.05, 0.1) is 11.6 Å². The summed E-state index contributed by atoms with van der Waals surface area (Å²) in [5.41, 5.74) is 3.09. The molecule has 2 aliphatic rings. The van der Waals surface area contributed by atoms with Crippen LogP contribution in [0.15, 0.2) is 67.0 Å². The van der Waals surface area contributed by atoms with Gasteiger partial charge in [0.15, 0.2) is 5.82 Å². The molecular formula is C26H30N6O. The fourth-order valence-electron chi connectivity index (χ4n) is 4.78. The smallest absolute Gasteiger partial charge is 0.227 e. The number of amides is 1. The minimum absolute atomic E-state index is 0.0271. The van der Waals surface area contributed by atoms with Crippen LogP contribution in [-0.2, 0) is 11.3 Å². The molecule has 1 amide bonds. The van der Waals surface area contributed by atoms with Crippen LogP contribution in [0.1, 0.15) is 18.4 Å². The fourth-order valence-corrected chi connectivity index (χ4v) is 4.78. The summed E-state index contributed by atoms with van der Waals surface area (Å²) >= 11 is 0. The van der Waals surface area contributed by atoms with Crippen molar-refractivity contribution in [2.45, 2.75) is 19.4 Å². The summed E-state index contributed by atoms with van der Waals surface area (Å²) in [6.07, 6.45) is 5.48. The molecule has 0 radical (unpaired) electrons. The van der Waals surface area contributed by atoms with Gasteiger partial charge in [-0.25, -0.2) is 0 Å². The van der Waals surface area contributed by atoms with Gasteiger partial charge in [-0.1, -0.05) is 30.3 Å². The Morgan fingerprint density at radius 2 is 1.76 bits per heavy atom. The molecule has 5 rings (SSSR count). The van der Waals surface area contributed by atoms with Crippen molar-refractivity contribution in [3.05, 3.63) is 72.6 Å². The molecule has 0 N–H and O–H groups in total. The number of carbonyl (C=O) groups excluding carboxylic acids is 1. The first-order valence-electron chi connectivity index (χ1n) is 11.8. The van der Waals surface area contributed by atoms with Gasteiger partial charge in [-0.15, -0.1) is 10.2 Å². The van der Waals surface area contributed by atoms with E-state index in [4.69, 9.17) is 0 Å². The van der Waals surface area contributed by atoms with Crippen LogP contribution in [0.4, 0.5) is 5.82 Å². The maximum atomic E-state index is 13.3. The number of piperazine rings is 1. The summed E-state index contributed by atoms with van der Waals surface area (Å²) in [6, 6.07) is 18.4. The van der Waals surface area contributed by atoms with E-state index in [0.717, 1.165) is 69.2 Å². The average molecular weight is 443 g/mol. The van der Waals surface area contributed by atoms with Gasteiger partial charge in [0.25, 0.3) is 0 Å². The number of hydrogen-bond acceptors (Lipinski definition) is 6. The van der Waals surface area contributed by atoms with E-state index < -0.39 is 0 Å². The second kappa shape index (κ2) is 10.1. The molecule has 33 heavy (non-hydrogen) atoms. The first-order chi connectivity index (χ1) is 16.3. The zero-order chi connectivity index (χ0) is 22.5. The van der Waals surface area contributed by atoms with Crippen LogP contribution < -0.4 is 4.90 Å². The van der Waals surface area contributed by atoms with E-state index in [1.807, 2.05) is 30.3 Å². The highest BCUT2D eigenvalue weighted by Gasteiger charge is 2.31. The van der Waals surface area contributed by atoms with E-state index in [1.165, 1.54) is 5.56 Å². The van der Waals surface area contributed by atoms with Crippen molar-refractivity contribution >= 4 is 11.7 Å². The zero-order valence-corrected chi connectivity index (χ0v) is 18.9. The molecule has 2 saturated heterocycles. The lowest BCUT2D eigenvalue weighted by Gasteiger charge is -2.39. The molecule has 0 bridgehead atoms. The van der Waals surface area contributed by atoms with Gasteiger partial charge < -0.3 is 9.80 Å². The minimum Gasteiger partial charge on any atom is -0.354 e. The number of nitrogens with zero attached hydrogens (tertiary/aromatic N) is 6. The fraction of sp³-hybridized carbons (Fsp3) is 0.385. The first kappa shape index (κ1) is 21.5. The Labute approximate surface area is 195 Å². The maximum absolute atomic E-state index is 13.3. The Bertz CT molecular complexity index is 1040. The summed E-state index contributed by atoms with van der Waals surface area (Å²) in [5, 5.41) is 8.85.